The van der Waals surface area contributed by atoms with E-state index in [1.807, 2.05) is 44.2 Å². The summed E-state index contributed by atoms with van der Waals surface area (Å²) in [5, 5.41) is 11.4. The fourth-order valence-corrected chi connectivity index (χ4v) is 1.19. The lowest BCUT2D eigenvalue weighted by molar-refractivity contribution is -0.0648. The fraction of sp³-hybridized carbons (Fsp3) is 0.400. The second-order valence-corrected chi connectivity index (χ2v) is 2.98. The molecule has 1 aromatic carbocycles. The van der Waals surface area contributed by atoms with Crippen LogP contribution in [0.25, 0.3) is 0 Å². The van der Waals surface area contributed by atoms with Crippen molar-refractivity contribution in [2.75, 3.05) is 13.1 Å². The molecule has 1 rings (SSSR count). The zero-order valence-electron chi connectivity index (χ0n) is 8.68. The van der Waals surface area contributed by atoms with Gasteiger partial charge in [0.2, 0.25) is 0 Å². The summed E-state index contributed by atoms with van der Waals surface area (Å²) in [5.41, 5.74) is 0.777. The summed E-state index contributed by atoms with van der Waals surface area (Å²) in [6, 6.07) is 9.35. The summed E-state index contributed by atoms with van der Waals surface area (Å²) in [7, 11) is -0.865. The molecular weight excluding hydrogens is 177 g/mol. The SMILES string of the molecule is CCN(CC)OB(O)c1ccccc1. The highest BCUT2D eigenvalue weighted by atomic mass is 16.7. The first-order valence-corrected chi connectivity index (χ1v) is 4.92. The molecule has 1 aromatic rings. The minimum absolute atomic E-state index is 0.764. The van der Waals surface area contributed by atoms with Crippen LogP contribution in [0, 0.1) is 0 Å². The van der Waals surface area contributed by atoms with E-state index in [0.29, 0.717) is 0 Å². The molecule has 0 aliphatic heterocycles. The van der Waals surface area contributed by atoms with Crippen molar-refractivity contribution >= 4 is 12.6 Å². The zero-order chi connectivity index (χ0) is 10.4. The Hall–Kier alpha value is -0.835. The largest absolute Gasteiger partial charge is 0.508 e. The Labute approximate surface area is 85.4 Å². The number of nitrogens with zero attached hydrogens (tertiary/aromatic N) is 1. The Morgan fingerprint density at radius 1 is 1.21 bits per heavy atom. The molecule has 76 valence electrons. The van der Waals surface area contributed by atoms with E-state index in [4.69, 9.17) is 4.76 Å². The number of rotatable bonds is 5. The van der Waals surface area contributed by atoms with Crippen molar-refractivity contribution in [3.63, 3.8) is 0 Å². The Balaban J connectivity index is 2.54. The first-order valence-electron chi connectivity index (χ1n) is 4.92. The molecule has 1 N–H and O–H groups in total. The van der Waals surface area contributed by atoms with Gasteiger partial charge in [0.25, 0.3) is 0 Å². The molecule has 14 heavy (non-hydrogen) atoms. The summed E-state index contributed by atoms with van der Waals surface area (Å²) in [6.07, 6.45) is 0. The van der Waals surface area contributed by atoms with Gasteiger partial charge in [-0.05, 0) is 5.46 Å². The minimum Gasteiger partial charge on any atom is -0.422 e. The lowest BCUT2D eigenvalue weighted by Crippen LogP contribution is -2.40. The molecule has 0 saturated carbocycles. The predicted octanol–water partition coefficient (Wildman–Crippen LogP) is 0.647. The molecule has 4 heteroatoms. The Kier molecular flexibility index (Phi) is 4.66. The van der Waals surface area contributed by atoms with Gasteiger partial charge in [-0.2, -0.15) is 0 Å². The Morgan fingerprint density at radius 2 is 1.79 bits per heavy atom. The third-order valence-corrected chi connectivity index (χ3v) is 2.04. The van der Waals surface area contributed by atoms with E-state index in [0.717, 1.165) is 18.6 Å². The van der Waals surface area contributed by atoms with Crippen LogP contribution in [0.2, 0.25) is 0 Å². The fourth-order valence-electron chi connectivity index (χ4n) is 1.19. The maximum atomic E-state index is 9.69. The molecule has 0 atom stereocenters. The van der Waals surface area contributed by atoms with Gasteiger partial charge in [-0.3, -0.25) is 0 Å². The van der Waals surface area contributed by atoms with Gasteiger partial charge in [-0.15, -0.1) is 0 Å². The molecule has 0 aliphatic rings. The molecule has 0 aromatic heterocycles. The maximum Gasteiger partial charge on any atom is 0.508 e. The van der Waals surface area contributed by atoms with Crippen LogP contribution >= 0.6 is 0 Å². The lowest BCUT2D eigenvalue weighted by atomic mass is 9.80. The third kappa shape index (κ3) is 3.14. The summed E-state index contributed by atoms with van der Waals surface area (Å²) in [6.45, 7) is 5.50. The van der Waals surface area contributed by atoms with Gasteiger partial charge in [0.05, 0.1) is 0 Å². The van der Waals surface area contributed by atoms with Crippen LogP contribution in [0.1, 0.15) is 13.8 Å². The molecule has 0 unspecified atom stereocenters. The summed E-state index contributed by atoms with van der Waals surface area (Å²) >= 11 is 0. The van der Waals surface area contributed by atoms with Crippen LogP contribution < -0.4 is 5.46 Å². The van der Waals surface area contributed by atoms with Gasteiger partial charge in [0.1, 0.15) is 0 Å². The van der Waals surface area contributed by atoms with Crippen molar-refractivity contribution in [1.82, 2.24) is 5.06 Å². The van der Waals surface area contributed by atoms with E-state index in [-0.39, 0.29) is 0 Å². The predicted molar refractivity (Wildman–Crippen MR) is 58.1 cm³/mol. The molecule has 0 aliphatic carbocycles. The van der Waals surface area contributed by atoms with Crippen LogP contribution in [-0.4, -0.2) is 30.3 Å². The normalized spacial score (nSPS) is 10.6. The van der Waals surface area contributed by atoms with E-state index < -0.39 is 7.12 Å². The minimum atomic E-state index is -0.865. The maximum absolute atomic E-state index is 9.69. The lowest BCUT2D eigenvalue weighted by Gasteiger charge is -2.20. The van der Waals surface area contributed by atoms with Gasteiger partial charge < -0.3 is 9.78 Å². The van der Waals surface area contributed by atoms with E-state index in [2.05, 4.69) is 0 Å². The van der Waals surface area contributed by atoms with Crippen LogP contribution in [0.5, 0.6) is 0 Å². The monoisotopic (exact) mass is 193 g/mol. The van der Waals surface area contributed by atoms with Gasteiger partial charge in [0.15, 0.2) is 0 Å². The van der Waals surface area contributed by atoms with Crippen LogP contribution in [0.4, 0.5) is 0 Å². The van der Waals surface area contributed by atoms with Crippen molar-refractivity contribution in [2.45, 2.75) is 13.8 Å². The standard InChI is InChI=1S/C10H16BNO2/c1-3-12(4-2)14-11(13)10-8-6-5-7-9-10/h5-9,13H,3-4H2,1-2H3. The number of hydrogen-bond donors (Lipinski definition) is 1. The highest BCUT2D eigenvalue weighted by molar-refractivity contribution is 6.59. The molecule has 0 amide bonds. The molecule has 0 saturated heterocycles. The number of benzene rings is 1. The summed E-state index contributed by atoms with van der Waals surface area (Å²) < 4.78 is 5.32. The summed E-state index contributed by atoms with van der Waals surface area (Å²) in [5.74, 6) is 0. The highest BCUT2D eigenvalue weighted by Gasteiger charge is 2.18. The van der Waals surface area contributed by atoms with Crippen LogP contribution in [0.15, 0.2) is 30.3 Å². The smallest absolute Gasteiger partial charge is 0.422 e. The first-order chi connectivity index (χ1) is 6.77. The van der Waals surface area contributed by atoms with E-state index in [1.54, 1.807) is 5.06 Å². The molecule has 0 bridgehead atoms. The number of hydroxylamine groups is 2. The van der Waals surface area contributed by atoms with Gasteiger partial charge in [-0.25, -0.2) is 5.06 Å². The molecule has 0 heterocycles. The topological polar surface area (TPSA) is 32.7 Å². The van der Waals surface area contributed by atoms with Crippen molar-refractivity contribution in [3.8, 4) is 0 Å². The number of hydrogen-bond acceptors (Lipinski definition) is 3. The molecular formula is C10H16BNO2. The van der Waals surface area contributed by atoms with E-state index >= 15 is 0 Å². The highest BCUT2D eigenvalue weighted by Crippen LogP contribution is 1.93. The molecule has 0 radical (unpaired) electrons. The van der Waals surface area contributed by atoms with Crippen molar-refractivity contribution in [1.29, 1.82) is 0 Å². The van der Waals surface area contributed by atoms with Crippen molar-refractivity contribution in [3.05, 3.63) is 30.3 Å². The van der Waals surface area contributed by atoms with Gasteiger partial charge in [-0.1, -0.05) is 44.2 Å². The van der Waals surface area contributed by atoms with Crippen LogP contribution in [0.3, 0.4) is 0 Å². The van der Waals surface area contributed by atoms with Crippen molar-refractivity contribution in [2.24, 2.45) is 0 Å². The Bertz CT molecular complexity index is 252. The summed E-state index contributed by atoms with van der Waals surface area (Å²) in [4.78, 5) is 0. The Morgan fingerprint density at radius 3 is 2.29 bits per heavy atom. The molecule has 0 fully saturated rings. The molecule has 3 nitrogen and oxygen atoms in total. The second kappa shape index (κ2) is 5.80. The van der Waals surface area contributed by atoms with Gasteiger partial charge >= 0.3 is 7.12 Å². The van der Waals surface area contributed by atoms with E-state index in [9.17, 15) is 5.02 Å². The van der Waals surface area contributed by atoms with Crippen molar-refractivity contribution < 1.29 is 9.78 Å². The first kappa shape index (κ1) is 11.2. The quantitative estimate of drug-likeness (QED) is 0.550. The molecule has 0 spiro atoms. The third-order valence-electron chi connectivity index (χ3n) is 2.04. The van der Waals surface area contributed by atoms with Crippen LogP contribution in [-0.2, 0) is 4.76 Å². The van der Waals surface area contributed by atoms with Gasteiger partial charge in [0, 0.05) is 13.1 Å². The zero-order valence-corrected chi connectivity index (χ0v) is 8.68. The average Bonchev–Trinajstić information content (AvgIpc) is 2.26. The average molecular weight is 193 g/mol. The second-order valence-electron chi connectivity index (χ2n) is 2.98. The van der Waals surface area contributed by atoms with E-state index in [1.165, 1.54) is 0 Å².